The maximum atomic E-state index is 13.1. The summed E-state index contributed by atoms with van der Waals surface area (Å²) in [4.78, 5) is 28.8. The fraction of sp³-hybridized carbons (Fsp3) is 0.450. The van der Waals surface area contributed by atoms with Crippen LogP contribution in [0.1, 0.15) is 25.5 Å². The van der Waals surface area contributed by atoms with Crippen LogP contribution in [0.5, 0.6) is 0 Å². The number of rotatable bonds is 5. The quantitative estimate of drug-likeness (QED) is 0.625. The van der Waals surface area contributed by atoms with Crippen molar-refractivity contribution in [2.24, 2.45) is 5.41 Å². The molecule has 0 saturated carbocycles. The van der Waals surface area contributed by atoms with Crippen LogP contribution in [0.3, 0.4) is 0 Å². The Bertz CT molecular complexity index is 1050. The van der Waals surface area contributed by atoms with Crippen LogP contribution in [0.25, 0.3) is 5.82 Å². The van der Waals surface area contributed by atoms with E-state index in [2.05, 4.69) is 30.6 Å². The van der Waals surface area contributed by atoms with Gasteiger partial charge >= 0.3 is 5.97 Å². The molecule has 0 radical (unpaired) electrons. The zero-order valence-corrected chi connectivity index (χ0v) is 17.1. The molecule has 0 unspecified atom stereocenters. The molecule has 5 rings (SSSR count). The minimum Gasteiger partial charge on any atom is -0.456 e. The molecule has 1 saturated heterocycles. The van der Waals surface area contributed by atoms with Gasteiger partial charge in [0.2, 0.25) is 5.91 Å². The maximum Gasteiger partial charge on any atom is 0.336 e. The topological polar surface area (TPSA) is 119 Å². The van der Waals surface area contributed by atoms with Crippen LogP contribution in [-0.2, 0) is 20.7 Å². The number of aromatic nitrogens is 6. The van der Waals surface area contributed by atoms with Crippen molar-refractivity contribution in [1.29, 1.82) is 0 Å². The summed E-state index contributed by atoms with van der Waals surface area (Å²) in [7, 11) is 0. The molecule has 0 bridgehead atoms. The number of likely N-dealkylation sites (tertiary alicyclic amines) is 1. The molecule has 3 aliphatic heterocycles. The number of hydrogen-bond donors (Lipinski definition) is 0. The summed E-state index contributed by atoms with van der Waals surface area (Å²) in [6.45, 7) is 4.37. The zero-order chi connectivity index (χ0) is 21.4. The SMILES string of the molecule is CC1=C(N2C=CC3(CCN(CCc4ccc(-n5cnnn5)nn4)CC3)C2=O)COC1=O. The minimum absolute atomic E-state index is 0.0452. The molecule has 160 valence electrons. The lowest BCUT2D eigenvalue weighted by molar-refractivity contribution is -0.138. The van der Waals surface area contributed by atoms with E-state index in [-0.39, 0.29) is 18.5 Å². The highest BCUT2D eigenvalue weighted by Crippen LogP contribution is 2.41. The first-order valence-electron chi connectivity index (χ1n) is 10.2. The number of amides is 1. The van der Waals surface area contributed by atoms with Gasteiger partial charge in [-0.05, 0) is 55.4 Å². The van der Waals surface area contributed by atoms with Crippen LogP contribution in [-0.4, -0.2) is 78.3 Å². The lowest BCUT2D eigenvalue weighted by Gasteiger charge is -2.37. The van der Waals surface area contributed by atoms with E-state index in [1.54, 1.807) is 18.0 Å². The number of nitrogens with zero attached hydrogens (tertiary/aromatic N) is 8. The van der Waals surface area contributed by atoms with E-state index in [4.69, 9.17) is 4.74 Å². The largest absolute Gasteiger partial charge is 0.456 e. The second-order valence-corrected chi connectivity index (χ2v) is 8.02. The average Bonchev–Trinajstić information content (AvgIpc) is 3.51. The molecule has 3 aliphatic rings. The number of piperidine rings is 1. The van der Waals surface area contributed by atoms with Crippen molar-refractivity contribution in [2.75, 3.05) is 26.2 Å². The number of carbonyl (C=O) groups excluding carboxylic acids is 2. The molecule has 0 aliphatic carbocycles. The highest BCUT2D eigenvalue weighted by atomic mass is 16.5. The van der Waals surface area contributed by atoms with Gasteiger partial charge in [-0.1, -0.05) is 6.08 Å². The molecule has 0 N–H and O–H groups in total. The average molecular weight is 422 g/mol. The molecule has 31 heavy (non-hydrogen) atoms. The minimum atomic E-state index is -0.483. The molecule has 2 aromatic rings. The Balaban J connectivity index is 1.15. The number of cyclic esters (lactones) is 1. The van der Waals surface area contributed by atoms with Crippen LogP contribution < -0.4 is 0 Å². The summed E-state index contributed by atoms with van der Waals surface area (Å²) in [6.07, 6.45) is 7.56. The Morgan fingerprint density at radius 3 is 2.65 bits per heavy atom. The summed E-state index contributed by atoms with van der Waals surface area (Å²) in [5, 5.41) is 19.4. The lowest BCUT2D eigenvalue weighted by atomic mass is 9.78. The van der Waals surface area contributed by atoms with Gasteiger partial charge in [0.25, 0.3) is 0 Å². The Morgan fingerprint density at radius 1 is 1.16 bits per heavy atom. The maximum absolute atomic E-state index is 13.1. The van der Waals surface area contributed by atoms with Crippen molar-refractivity contribution in [3.05, 3.63) is 47.7 Å². The molecule has 11 heteroatoms. The van der Waals surface area contributed by atoms with Gasteiger partial charge in [-0.2, -0.15) is 9.78 Å². The summed E-state index contributed by atoms with van der Waals surface area (Å²) >= 11 is 0. The third-order valence-electron chi connectivity index (χ3n) is 6.28. The molecule has 0 aromatic carbocycles. The number of tetrazole rings is 1. The van der Waals surface area contributed by atoms with Gasteiger partial charge < -0.3 is 9.64 Å². The highest BCUT2D eigenvalue weighted by Gasteiger charge is 2.46. The molecule has 0 atom stereocenters. The van der Waals surface area contributed by atoms with E-state index in [9.17, 15) is 9.59 Å². The Kier molecular flexibility index (Phi) is 4.81. The number of carbonyl (C=O) groups is 2. The van der Waals surface area contributed by atoms with Crippen molar-refractivity contribution in [1.82, 2.24) is 40.2 Å². The number of ether oxygens (including phenoxy) is 1. The van der Waals surface area contributed by atoms with Gasteiger partial charge in [0.15, 0.2) is 5.82 Å². The van der Waals surface area contributed by atoms with Gasteiger partial charge in [0.05, 0.1) is 22.4 Å². The van der Waals surface area contributed by atoms with Crippen LogP contribution in [0, 0.1) is 5.41 Å². The highest BCUT2D eigenvalue weighted by molar-refractivity contribution is 5.95. The van der Waals surface area contributed by atoms with Crippen LogP contribution >= 0.6 is 0 Å². The Hall–Kier alpha value is -3.47. The second-order valence-electron chi connectivity index (χ2n) is 8.02. The van der Waals surface area contributed by atoms with E-state index < -0.39 is 5.41 Å². The first-order valence-corrected chi connectivity index (χ1v) is 10.2. The molecular weight excluding hydrogens is 400 g/mol. The molecular formula is C20H22N8O3. The van der Waals surface area contributed by atoms with Gasteiger partial charge in [0, 0.05) is 19.2 Å². The summed E-state index contributed by atoms with van der Waals surface area (Å²) in [5.41, 5.74) is 1.59. The Morgan fingerprint density at radius 2 is 2.00 bits per heavy atom. The molecule has 5 heterocycles. The summed E-state index contributed by atoms with van der Waals surface area (Å²) in [6, 6.07) is 3.77. The van der Waals surface area contributed by atoms with Crippen molar-refractivity contribution in [2.45, 2.75) is 26.2 Å². The van der Waals surface area contributed by atoms with Crippen molar-refractivity contribution >= 4 is 11.9 Å². The van der Waals surface area contributed by atoms with Gasteiger partial charge in [-0.25, -0.2) is 4.79 Å². The van der Waals surface area contributed by atoms with Gasteiger partial charge in [-0.15, -0.1) is 10.2 Å². The lowest BCUT2D eigenvalue weighted by Crippen LogP contribution is -2.45. The standard InChI is InChI=1S/C20H22N8O3/c1-14-16(12-31-18(14)29)27-11-7-20(19(27)30)5-9-26(10-6-20)8-4-15-2-3-17(23-22-15)28-13-21-24-25-28/h2-3,7,11,13H,4-6,8-10,12H2,1H3. The predicted molar refractivity (Wildman–Crippen MR) is 106 cm³/mol. The van der Waals surface area contributed by atoms with E-state index in [1.807, 2.05) is 18.2 Å². The third kappa shape index (κ3) is 3.50. The molecule has 2 aromatic heterocycles. The van der Waals surface area contributed by atoms with Crippen LogP contribution in [0.2, 0.25) is 0 Å². The van der Waals surface area contributed by atoms with Crippen molar-refractivity contribution < 1.29 is 14.3 Å². The van der Waals surface area contributed by atoms with E-state index in [0.29, 0.717) is 17.1 Å². The molecule has 1 fully saturated rings. The smallest absolute Gasteiger partial charge is 0.336 e. The second kappa shape index (κ2) is 7.65. The number of esters is 1. The molecule has 1 spiro atoms. The monoisotopic (exact) mass is 422 g/mol. The first kappa shape index (κ1) is 19.5. The van der Waals surface area contributed by atoms with E-state index in [0.717, 1.165) is 44.6 Å². The normalized spacial score (nSPS) is 20.9. The van der Waals surface area contributed by atoms with Crippen molar-refractivity contribution in [3.63, 3.8) is 0 Å². The summed E-state index contributed by atoms with van der Waals surface area (Å²) < 4.78 is 6.52. The number of hydrogen-bond acceptors (Lipinski definition) is 9. The molecule has 11 nitrogen and oxygen atoms in total. The van der Waals surface area contributed by atoms with Crippen molar-refractivity contribution in [3.8, 4) is 5.82 Å². The van der Waals surface area contributed by atoms with Crippen LogP contribution in [0.4, 0.5) is 0 Å². The van der Waals surface area contributed by atoms with Gasteiger partial charge in [-0.3, -0.25) is 9.69 Å². The Labute approximate surface area is 178 Å². The summed E-state index contributed by atoms with van der Waals surface area (Å²) in [5.74, 6) is 0.273. The molecule has 1 amide bonds. The van der Waals surface area contributed by atoms with Crippen LogP contribution in [0.15, 0.2) is 42.0 Å². The van der Waals surface area contributed by atoms with Gasteiger partial charge in [0.1, 0.15) is 12.9 Å². The van der Waals surface area contributed by atoms with E-state index >= 15 is 0 Å². The fourth-order valence-electron chi connectivity index (χ4n) is 4.23. The van der Waals surface area contributed by atoms with E-state index in [1.165, 1.54) is 11.0 Å². The zero-order valence-electron chi connectivity index (χ0n) is 17.1. The first-order chi connectivity index (χ1) is 15.1. The third-order valence-corrected chi connectivity index (χ3v) is 6.28. The fourth-order valence-corrected chi connectivity index (χ4v) is 4.23. The predicted octanol–water partition coefficient (Wildman–Crippen LogP) is 0.264.